The molecule has 0 saturated heterocycles. The van der Waals surface area contributed by atoms with Crippen molar-refractivity contribution in [1.29, 1.82) is 0 Å². The topological polar surface area (TPSA) is 83.4 Å². The van der Waals surface area contributed by atoms with Gasteiger partial charge in [0.25, 0.3) is 0 Å². The average Bonchev–Trinajstić information content (AvgIpc) is 2.69. The number of carbonyl (C=O) groups excluding carboxylic acids is 2. The first-order valence-electron chi connectivity index (χ1n) is 7.70. The summed E-state index contributed by atoms with van der Waals surface area (Å²) in [6, 6.07) is 13.8. The molecule has 2 rings (SSSR count). The van der Waals surface area contributed by atoms with Crippen LogP contribution < -0.4 is 4.74 Å². The standard InChI is InChI=1S/C19H19NO6/c1-23-18(21)15-10-6-7-11-16(15)26-12-13-8-4-5-9-14(13)17(20-25-3)19(22)24-2/h4-11H,12H2,1-3H3/b20-17+. The lowest BCUT2D eigenvalue weighted by Gasteiger charge is -2.13. The Morgan fingerprint density at radius 2 is 1.54 bits per heavy atom. The van der Waals surface area contributed by atoms with E-state index in [0.29, 0.717) is 22.4 Å². The van der Waals surface area contributed by atoms with E-state index >= 15 is 0 Å². The fourth-order valence-corrected chi connectivity index (χ4v) is 2.29. The Hall–Kier alpha value is -3.35. The molecule has 0 heterocycles. The maximum Gasteiger partial charge on any atom is 0.360 e. The van der Waals surface area contributed by atoms with Gasteiger partial charge >= 0.3 is 11.9 Å². The summed E-state index contributed by atoms with van der Waals surface area (Å²) >= 11 is 0. The fraction of sp³-hybridized carbons (Fsp3) is 0.211. The third kappa shape index (κ3) is 4.38. The zero-order chi connectivity index (χ0) is 18.9. The molecule has 0 aliphatic carbocycles. The summed E-state index contributed by atoms with van der Waals surface area (Å²) in [6.45, 7) is 0.101. The number of ether oxygens (including phenoxy) is 3. The maximum absolute atomic E-state index is 12.0. The molecule has 136 valence electrons. The minimum atomic E-state index is -0.630. The second kappa shape index (κ2) is 9.22. The number of para-hydroxylation sites is 1. The quantitative estimate of drug-likeness (QED) is 0.430. The van der Waals surface area contributed by atoms with Crippen molar-refractivity contribution in [3.63, 3.8) is 0 Å². The average molecular weight is 357 g/mol. The van der Waals surface area contributed by atoms with Crippen LogP contribution in [0.5, 0.6) is 5.75 Å². The Balaban J connectivity index is 2.31. The molecular weight excluding hydrogens is 338 g/mol. The van der Waals surface area contributed by atoms with Crippen molar-refractivity contribution in [3.8, 4) is 5.75 Å². The number of hydrogen-bond acceptors (Lipinski definition) is 7. The summed E-state index contributed by atoms with van der Waals surface area (Å²) in [5.41, 5.74) is 1.52. The number of oxime groups is 1. The first-order chi connectivity index (χ1) is 12.6. The van der Waals surface area contributed by atoms with Gasteiger partial charge in [0, 0.05) is 5.56 Å². The summed E-state index contributed by atoms with van der Waals surface area (Å²) in [7, 11) is 3.91. The second-order valence-electron chi connectivity index (χ2n) is 5.05. The number of rotatable bonds is 7. The van der Waals surface area contributed by atoms with Gasteiger partial charge in [-0.15, -0.1) is 0 Å². The van der Waals surface area contributed by atoms with Crippen molar-refractivity contribution < 1.29 is 28.6 Å². The number of carbonyl (C=O) groups is 2. The van der Waals surface area contributed by atoms with E-state index in [9.17, 15) is 9.59 Å². The van der Waals surface area contributed by atoms with Crippen LogP contribution in [0.4, 0.5) is 0 Å². The van der Waals surface area contributed by atoms with Crippen LogP contribution in [-0.4, -0.2) is 39.0 Å². The maximum atomic E-state index is 12.0. The predicted molar refractivity (Wildman–Crippen MR) is 94.1 cm³/mol. The predicted octanol–water partition coefficient (Wildman–Crippen LogP) is 2.58. The molecule has 0 amide bonds. The van der Waals surface area contributed by atoms with Gasteiger partial charge in [-0.2, -0.15) is 0 Å². The van der Waals surface area contributed by atoms with E-state index in [1.54, 1.807) is 48.5 Å². The number of benzene rings is 2. The molecule has 0 spiro atoms. The summed E-state index contributed by atoms with van der Waals surface area (Å²) in [4.78, 5) is 28.6. The molecule has 0 aliphatic heterocycles. The van der Waals surface area contributed by atoms with E-state index < -0.39 is 11.9 Å². The minimum absolute atomic E-state index is 0.0236. The van der Waals surface area contributed by atoms with Crippen LogP contribution in [0.3, 0.4) is 0 Å². The largest absolute Gasteiger partial charge is 0.488 e. The van der Waals surface area contributed by atoms with Crippen LogP contribution >= 0.6 is 0 Å². The fourth-order valence-electron chi connectivity index (χ4n) is 2.29. The van der Waals surface area contributed by atoms with Crippen molar-refractivity contribution in [2.24, 2.45) is 5.16 Å². The summed E-state index contributed by atoms with van der Waals surface area (Å²) in [6.07, 6.45) is 0. The molecule has 0 N–H and O–H groups in total. The Bertz CT molecular complexity index is 815. The van der Waals surface area contributed by atoms with Gasteiger partial charge in [-0.05, 0) is 17.7 Å². The van der Waals surface area contributed by atoms with Crippen LogP contribution in [0.2, 0.25) is 0 Å². The van der Waals surface area contributed by atoms with E-state index in [1.165, 1.54) is 21.3 Å². The molecule has 2 aromatic rings. The zero-order valence-electron chi connectivity index (χ0n) is 14.7. The highest BCUT2D eigenvalue weighted by Crippen LogP contribution is 2.21. The first-order valence-corrected chi connectivity index (χ1v) is 7.70. The molecule has 0 saturated carbocycles. The molecule has 0 aliphatic rings. The SMILES string of the molecule is CO/N=C(/C(=O)OC)c1ccccc1COc1ccccc1C(=O)OC. The lowest BCUT2D eigenvalue weighted by atomic mass is 10.0. The normalized spacial score (nSPS) is 10.8. The Morgan fingerprint density at radius 1 is 0.885 bits per heavy atom. The highest BCUT2D eigenvalue weighted by atomic mass is 16.6. The summed E-state index contributed by atoms with van der Waals surface area (Å²) in [5.74, 6) is -0.753. The smallest absolute Gasteiger partial charge is 0.360 e. The Labute approximate surface area is 151 Å². The van der Waals surface area contributed by atoms with Gasteiger partial charge in [0.1, 0.15) is 25.0 Å². The first kappa shape index (κ1) is 19.0. The minimum Gasteiger partial charge on any atom is -0.488 e. The van der Waals surface area contributed by atoms with Crippen LogP contribution in [0.15, 0.2) is 53.7 Å². The van der Waals surface area contributed by atoms with Crippen LogP contribution in [-0.2, 0) is 25.7 Å². The number of esters is 2. The monoisotopic (exact) mass is 357 g/mol. The van der Waals surface area contributed by atoms with E-state index in [0.717, 1.165) is 0 Å². The van der Waals surface area contributed by atoms with Gasteiger partial charge in [-0.1, -0.05) is 41.6 Å². The Kier molecular flexibility index (Phi) is 6.73. The molecule has 26 heavy (non-hydrogen) atoms. The van der Waals surface area contributed by atoms with Crippen LogP contribution in [0, 0.1) is 0 Å². The number of hydrogen-bond donors (Lipinski definition) is 0. The second-order valence-corrected chi connectivity index (χ2v) is 5.05. The van der Waals surface area contributed by atoms with Gasteiger partial charge < -0.3 is 19.0 Å². The molecule has 0 atom stereocenters. The zero-order valence-corrected chi connectivity index (χ0v) is 14.7. The van der Waals surface area contributed by atoms with Gasteiger partial charge in [0.2, 0.25) is 0 Å². The lowest BCUT2D eigenvalue weighted by molar-refractivity contribution is -0.132. The molecule has 0 bridgehead atoms. The van der Waals surface area contributed by atoms with Crippen molar-refractivity contribution >= 4 is 17.7 Å². The number of methoxy groups -OCH3 is 2. The molecule has 7 nitrogen and oxygen atoms in total. The van der Waals surface area contributed by atoms with E-state index in [4.69, 9.17) is 19.0 Å². The molecule has 0 radical (unpaired) electrons. The van der Waals surface area contributed by atoms with E-state index in [1.807, 2.05) is 0 Å². The molecule has 0 unspecified atom stereocenters. The summed E-state index contributed by atoms with van der Waals surface area (Å²) in [5, 5.41) is 3.75. The third-order valence-corrected chi connectivity index (χ3v) is 3.51. The van der Waals surface area contributed by atoms with Crippen molar-refractivity contribution in [2.75, 3.05) is 21.3 Å². The molecule has 0 fully saturated rings. The highest BCUT2D eigenvalue weighted by molar-refractivity contribution is 6.43. The van der Waals surface area contributed by atoms with Crippen molar-refractivity contribution in [3.05, 3.63) is 65.2 Å². The van der Waals surface area contributed by atoms with Crippen molar-refractivity contribution in [1.82, 2.24) is 0 Å². The highest BCUT2D eigenvalue weighted by Gasteiger charge is 2.20. The van der Waals surface area contributed by atoms with Gasteiger partial charge in [0.05, 0.1) is 14.2 Å². The van der Waals surface area contributed by atoms with Gasteiger partial charge in [-0.25, -0.2) is 9.59 Å². The lowest BCUT2D eigenvalue weighted by Crippen LogP contribution is -2.20. The van der Waals surface area contributed by atoms with Gasteiger partial charge in [0.15, 0.2) is 5.71 Å². The molecule has 0 aromatic heterocycles. The Morgan fingerprint density at radius 3 is 2.19 bits per heavy atom. The molecular formula is C19H19NO6. The van der Waals surface area contributed by atoms with E-state index in [2.05, 4.69) is 5.16 Å². The number of nitrogens with zero attached hydrogens (tertiary/aromatic N) is 1. The molecule has 7 heteroatoms. The van der Waals surface area contributed by atoms with Crippen LogP contribution in [0.1, 0.15) is 21.5 Å². The molecule has 2 aromatic carbocycles. The van der Waals surface area contributed by atoms with Crippen LogP contribution in [0.25, 0.3) is 0 Å². The third-order valence-electron chi connectivity index (χ3n) is 3.51. The van der Waals surface area contributed by atoms with Gasteiger partial charge in [-0.3, -0.25) is 0 Å². The summed E-state index contributed by atoms with van der Waals surface area (Å²) < 4.78 is 15.3. The van der Waals surface area contributed by atoms with E-state index in [-0.39, 0.29) is 12.3 Å². The van der Waals surface area contributed by atoms with Crippen molar-refractivity contribution in [2.45, 2.75) is 6.61 Å².